The first-order valence-electron chi connectivity index (χ1n) is 10.0. The fraction of sp³-hybridized carbons (Fsp3) is 0.304. The highest BCUT2D eigenvalue weighted by Gasteiger charge is 2.35. The first-order chi connectivity index (χ1) is 14.3. The number of aromatic nitrogens is 1. The molecule has 0 unspecified atom stereocenters. The molecule has 2 aliphatic rings. The molecule has 4 rings (SSSR count). The zero-order chi connectivity index (χ0) is 21.4. The predicted molar refractivity (Wildman–Crippen MR) is 124 cm³/mol. The van der Waals surface area contributed by atoms with Crippen LogP contribution >= 0.6 is 11.8 Å². The van der Waals surface area contributed by atoms with Gasteiger partial charge in [0.1, 0.15) is 5.04 Å². The van der Waals surface area contributed by atoms with Gasteiger partial charge in [0.25, 0.3) is 5.91 Å². The molecular weight excluding hydrogens is 394 g/mol. The second-order valence-corrected chi connectivity index (χ2v) is 9.05. The molecule has 0 fully saturated rings. The number of carbonyl (C=O) groups excluding carboxylic acids is 1. The minimum Gasteiger partial charge on any atom is -0.344 e. The van der Waals surface area contributed by atoms with E-state index < -0.39 is 0 Å². The maximum absolute atomic E-state index is 12.7. The van der Waals surface area contributed by atoms with Crippen LogP contribution in [0.15, 0.2) is 52.1 Å². The molecule has 3 heterocycles. The Bertz CT molecular complexity index is 1110. The van der Waals surface area contributed by atoms with E-state index in [1.54, 1.807) is 6.08 Å². The number of aliphatic imine (C=N–C) groups is 1. The molecule has 1 aromatic heterocycles. The van der Waals surface area contributed by atoms with Crippen LogP contribution in [0.2, 0.25) is 0 Å². The number of amidine groups is 2. The van der Waals surface area contributed by atoms with E-state index in [9.17, 15) is 4.79 Å². The molecule has 1 N–H and O–H groups in total. The fourth-order valence-corrected chi connectivity index (χ4v) is 4.70. The summed E-state index contributed by atoms with van der Waals surface area (Å²) in [4.78, 5) is 16.9. The minimum atomic E-state index is -0.382. The first-order valence-corrected chi connectivity index (χ1v) is 10.8. The lowest BCUT2D eigenvalue weighted by Crippen LogP contribution is -2.35. The summed E-state index contributed by atoms with van der Waals surface area (Å²) in [6.07, 6.45) is 2.58. The summed E-state index contributed by atoms with van der Waals surface area (Å²) in [5, 5.41) is 15.9. The second kappa shape index (κ2) is 8.07. The van der Waals surface area contributed by atoms with Crippen molar-refractivity contribution in [2.75, 3.05) is 0 Å². The molecule has 7 heteroatoms. The molecule has 2 aliphatic heterocycles. The standard InChI is InChI=1S/C23H25N5OS/c1-14(2)10-20-26-28-21(24)19(22(29)25-23(28)30-20)12-18-11-15(3)27(16(18)4)13-17-8-6-5-7-9-17/h5-9,11-12,14,24H,10,13H2,1-4H3. The van der Waals surface area contributed by atoms with Crippen molar-refractivity contribution >= 4 is 39.8 Å². The molecule has 154 valence electrons. The van der Waals surface area contributed by atoms with Crippen molar-refractivity contribution in [3.8, 4) is 0 Å². The van der Waals surface area contributed by atoms with E-state index in [0.717, 1.165) is 35.0 Å². The van der Waals surface area contributed by atoms with Crippen LogP contribution in [0, 0.1) is 25.2 Å². The molecule has 0 radical (unpaired) electrons. The van der Waals surface area contributed by atoms with Gasteiger partial charge in [0.2, 0.25) is 5.17 Å². The number of benzene rings is 1. The van der Waals surface area contributed by atoms with E-state index in [4.69, 9.17) is 5.41 Å². The highest BCUT2D eigenvalue weighted by Crippen LogP contribution is 2.31. The van der Waals surface area contributed by atoms with Crippen LogP contribution < -0.4 is 0 Å². The minimum absolute atomic E-state index is 0.0871. The molecule has 2 aromatic rings. The third kappa shape index (κ3) is 3.89. The summed E-state index contributed by atoms with van der Waals surface area (Å²) in [5.41, 5.74) is 4.58. The Kier molecular flexibility index (Phi) is 5.47. The van der Waals surface area contributed by atoms with Gasteiger partial charge in [-0.2, -0.15) is 15.1 Å². The van der Waals surface area contributed by atoms with Crippen LogP contribution in [0.4, 0.5) is 0 Å². The molecule has 0 aliphatic carbocycles. The number of nitrogens with one attached hydrogen (secondary N) is 1. The lowest BCUT2D eigenvalue weighted by Gasteiger charge is -2.20. The number of nitrogens with zero attached hydrogens (tertiary/aromatic N) is 4. The van der Waals surface area contributed by atoms with Crippen LogP contribution in [0.5, 0.6) is 0 Å². The Morgan fingerprint density at radius 2 is 1.93 bits per heavy atom. The van der Waals surface area contributed by atoms with Crippen LogP contribution in [0.3, 0.4) is 0 Å². The van der Waals surface area contributed by atoms with Gasteiger partial charge in [0, 0.05) is 24.4 Å². The largest absolute Gasteiger partial charge is 0.344 e. The van der Waals surface area contributed by atoms with E-state index in [0.29, 0.717) is 11.1 Å². The van der Waals surface area contributed by atoms with Crippen LogP contribution in [-0.4, -0.2) is 31.5 Å². The van der Waals surface area contributed by atoms with Crippen molar-refractivity contribution in [2.45, 2.75) is 40.7 Å². The summed E-state index contributed by atoms with van der Waals surface area (Å²) < 4.78 is 2.22. The Balaban J connectivity index is 1.64. The van der Waals surface area contributed by atoms with E-state index in [1.165, 1.54) is 22.3 Å². The molecule has 30 heavy (non-hydrogen) atoms. The van der Waals surface area contributed by atoms with Crippen molar-refractivity contribution < 1.29 is 4.79 Å². The normalized spacial score (nSPS) is 17.6. The summed E-state index contributed by atoms with van der Waals surface area (Å²) in [6.45, 7) is 9.10. The van der Waals surface area contributed by atoms with Crippen molar-refractivity contribution in [2.24, 2.45) is 16.0 Å². The number of hydrogen-bond acceptors (Lipinski definition) is 4. The van der Waals surface area contributed by atoms with Crippen LogP contribution in [0.1, 0.15) is 42.8 Å². The monoisotopic (exact) mass is 419 g/mol. The molecule has 1 amide bonds. The zero-order valence-electron chi connectivity index (χ0n) is 17.6. The first kappa shape index (κ1) is 20.3. The number of fused-ring (bicyclic) bond motifs is 1. The molecule has 0 saturated heterocycles. The highest BCUT2D eigenvalue weighted by molar-refractivity contribution is 8.26. The third-order valence-corrected chi connectivity index (χ3v) is 6.11. The fourth-order valence-electron chi connectivity index (χ4n) is 3.60. The summed E-state index contributed by atoms with van der Waals surface area (Å²) in [7, 11) is 0. The number of amides is 1. The number of aryl methyl sites for hydroxylation is 1. The molecule has 0 bridgehead atoms. The molecule has 6 nitrogen and oxygen atoms in total. The second-order valence-electron chi connectivity index (χ2n) is 8.01. The van der Waals surface area contributed by atoms with E-state index >= 15 is 0 Å². The summed E-state index contributed by atoms with van der Waals surface area (Å²) >= 11 is 1.38. The van der Waals surface area contributed by atoms with Gasteiger partial charge in [-0.1, -0.05) is 44.2 Å². The Morgan fingerprint density at radius 3 is 2.63 bits per heavy atom. The average Bonchev–Trinajstić information content (AvgIpc) is 3.21. The number of carbonyl (C=O) groups is 1. The maximum atomic E-state index is 12.7. The smallest absolute Gasteiger partial charge is 0.283 e. The van der Waals surface area contributed by atoms with Gasteiger partial charge in [-0.3, -0.25) is 10.2 Å². The zero-order valence-corrected chi connectivity index (χ0v) is 18.5. The average molecular weight is 420 g/mol. The van der Waals surface area contributed by atoms with Crippen LogP contribution in [-0.2, 0) is 11.3 Å². The Hall–Kier alpha value is -2.93. The van der Waals surface area contributed by atoms with Crippen molar-refractivity contribution in [3.05, 3.63) is 64.5 Å². The van der Waals surface area contributed by atoms with Crippen molar-refractivity contribution in [1.82, 2.24) is 9.58 Å². The third-order valence-electron chi connectivity index (χ3n) is 5.18. The summed E-state index contributed by atoms with van der Waals surface area (Å²) in [6, 6.07) is 12.3. The van der Waals surface area contributed by atoms with Crippen molar-refractivity contribution in [1.29, 1.82) is 5.41 Å². The molecule has 0 atom stereocenters. The predicted octanol–water partition coefficient (Wildman–Crippen LogP) is 4.82. The SMILES string of the molecule is Cc1cc(C=C2C(=N)N3N=C(CC(C)C)SC3=NC2=O)c(C)n1Cc1ccccc1. The van der Waals surface area contributed by atoms with Gasteiger partial charge in [-0.15, -0.1) is 0 Å². The van der Waals surface area contributed by atoms with E-state index in [2.05, 4.69) is 53.6 Å². The molecule has 0 saturated carbocycles. The molecule has 1 aromatic carbocycles. The Labute approximate surface area is 180 Å². The van der Waals surface area contributed by atoms with Gasteiger partial charge in [-0.05, 0) is 54.8 Å². The quantitative estimate of drug-likeness (QED) is 0.706. The Morgan fingerprint density at radius 1 is 1.20 bits per heavy atom. The lowest BCUT2D eigenvalue weighted by atomic mass is 10.1. The molecule has 0 spiro atoms. The molecular formula is C23H25N5OS. The maximum Gasteiger partial charge on any atom is 0.283 e. The van der Waals surface area contributed by atoms with Gasteiger partial charge < -0.3 is 4.57 Å². The van der Waals surface area contributed by atoms with Gasteiger partial charge >= 0.3 is 0 Å². The number of hydrogen-bond donors (Lipinski definition) is 1. The topological polar surface area (TPSA) is 73.8 Å². The highest BCUT2D eigenvalue weighted by atomic mass is 32.2. The van der Waals surface area contributed by atoms with Gasteiger partial charge in [0.05, 0.1) is 5.57 Å². The van der Waals surface area contributed by atoms with E-state index in [-0.39, 0.29) is 17.3 Å². The van der Waals surface area contributed by atoms with E-state index in [1.807, 2.05) is 25.1 Å². The summed E-state index contributed by atoms with van der Waals surface area (Å²) in [5.74, 6) is 0.157. The van der Waals surface area contributed by atoms with Crippen LogP contribution in [0.25, 0.3) is 6.08 Å². The number of rotatable bonds is 5. The van der Waals surface area contributed by atoms with Gasteiger partial charge in [-0.25, -0.2) is 0 Å². The van der Waals surface area contributed by atoms with Gasteiger partial charge in [0.15, 0.2) is 5.84 Å². The number of thioether (sulfide) groups is 1. The lowest BCUT2D eigenvalue weighted by molar-refractivity contribution is -0.114. The number of hydrazone groups is 1. The van der Waals surface area contributed by atoms with Crippen molar-refractivity contribution in [3.63, 3.8) is 0 Å².